The maximum atomic E-state index is 12.5. The number of aromatic nitrogens is 2. The molecule has 0 unspecified atom stereocenters. The van der Waals surface area contributed by atoms with Gasteiger partial charge in [-0.1, -0.05) is 30.3 Å². The van der Waals surface area contributed by atoms with Crippen molar-refractivity contribution >= 4 is 11.9 Å². The number of hydrogen-bond acceptors (Lipinski definition) is 4. The molecule has 0 bridgehead atoms. The third kappa shape index (κ3) is 6.06. The molecule has 2 aromatic carbocycles. The number of carbonyl (C=O) groups is 2. The second kappa shape index (κ2) is 11.3. The summed E-state index contributed by atoms with van der Waals surface area (Å²) in [6, 6.07) is 17.8. The van der Waals surface area contributed by atoms with Crippen LogP contribution in [0.1, 0.15) is 52.1 Å². The highest BCUT2D eigenvalue weighted by Gasteiger charge is 2.15. The lowest BCUT2D eigenvalue weighted by Gasteiger charge is -2.08. The zero-order chi connectivity index (χ0) is 22.9. The van der Waals surface area contributed by atoms with E-state index >= 15 is 0 Å². The Balaban J connectivity index is 1.53. The summed E-state index contributed by atoms with van der Waals surface area (Å²) in [5, 5.41) is 7.61. The number of nitrogens with one attached hydrogen (secondary N) is 1. The van der Waals surface area contributed by atoms with Crippen molar-refractivity contribution in [3.05, 3.63) is 82.7 Å². The van der Waals surface area contributed by atoms with Crippen molar-refractivity contribution in [3.63, 3.8) is 0 Å². The van der Waals surface area contributed by atoms with Crippen molar-refractivity contribution in [1.29, 1.82) is 0 Å². The van der Waals surface area contributed by atoms with Crippen LogP contribution in [-0.4, -0.2) is 35.3 Å². The van der Waals surface area contributed by atoms with E-state index in [4.69, 9.17) is 4.74 Å². The van der Waals surface area contributed by atoms with E-state index in [0.29, 0.717) is 24.9 Å². The maximum Gasteiger partial charge on any atom is 0.305 e. The second-order valence-electron chi connectivity index (χ2n) is 7.88. The van der Waals surface area contributed by atoms with Crippen molar-refractivity contribution < 1.29 is 14.3 Å². The molecule has 0 radical (unpaired) electrons. The average Bonchev–Trinajstić information content (AvgIpc) is 3.11. The molecule has 3 aromatic rings. The third-order valence-electron chi connectivity index (χ3n) is 5.64. The fourth-order valence-corrected chi connectivity index (χ4v) is 3.77. The Morgan fingerprint density at radius 2 is 1.69 bits per heavy atom. The molecule has 0 saturated heterocycles. The first-order chi connectivity index (χ1) is 15.5. The van der Waals surface area contributed by atoms with Gasteiger partial charge < -0.3 is 10.1 Å². The predicted molar refractivity (Wildman–Crippen MR) is 125 cm³/mol. The number of esters is 1. The van der Waals surface area contributed by atoms with Crippen LogP contribution in [0.3, 0.4) is 0 Å². The van der Waals surface area contributed by atoms with Gasteiger partial charge in [0.1, 0.15) is 0 Å². The van der Waals surface area contributed by atoms with Crippen LogP contribution >= 0.6 is 0 Å². The first-order valence-electron chi connectivity index (χ1n) is 11.0. The Bertz CT molecular complexity index is 1040. The molecule has 1 amide bonds. The van der Waals surface area contributed by atoms with Crippen LogP contribution in [0, 0.1) is 13.8 Å². The minimum atomic E-state index is -0.230. The smallest absolute Gasteiger partial charge is 0.305 e. The van der Waals surface area contributed by atoms with Gasteiger partial charge in [-0.05, 0) is 74.9 Å². The van der Waals surface area contributed by atoms with Crippen LogP contribution in [0.25, 0.3) is 5.69 Å². The van der Waals surface area contributed by atoms with Crippen LogP contribution in [0.5, 0.6) is 0 Å². The van der Waals surface area contributed by atoms with Crippen LogP contribution in [0.4, 0.5) is 0 Å². The minimum absolute atomic E-state index is 0.0663. The number of aryl methyl sites for hydroxylation is 2. The van der Waals surface area contributed by atoms with Crippen molar-refractivity contribution in [2.45, 2.75) is 46.0 Å². The molecule has 0 aliphatic rings. The van der Waals surface area contributed by atoms with Crippen LogP contribution in [0.2, 0.25) is 0 Å². The molecule has 1 heterocycles. The Kier molecular flexibility index (Phi) is 8.20. The van der Waals surface area contributed by atoms with Gasteiger partial charge in [0.15, 0.2) is 0 Å². The molecule has 0 saturated carbocycles. The van der Waals surface area contributed by atoms with Gasteiger partial charge in [0, 0.05) is 24.2 Å². The Labute approximate surface area is 189 Å². The van der Waals surface area contributed by atoms with E-state index in [1.807, 2.05) is 48.9 Å². The Morgan fingerprint density at radius 1 is 0.969 bits per heavy atom. The highest BCUT2D eigenvalue weighted by atomic mass is 16.5. The SMILES string of the molecule is COC(=O)CCc1c(C)nn(-c2ccc(C(=O)NCCCCc3ccccc3)cc2)c1C. The lowest BCUT2D eigenvalue weighted by molar-refractivity contribution is -0.140. The highest BCUT2D eigenvalue weighted by Crippen LogP contribution is 2.20. The number of hydrogen-bond donors (Lipinski definition) is 1. The number of rotatable bonds is 10. The Morgan fingerprint density at radius 3 is 2.38 bits per heavy atom. The monoisotopic (exact) mass is 433 g/mol. The fraction of sp³-hybridized carbons (Fsp3) is 0.346. The van der Waals surface area contributed by atoms with Crippen molar-refractivity contribution in [3.8, 4) is 5.69 Å². The molecule has 0 aliphatic carbocycles. The number of unbranched alkanes of at least 4 members (excludes halogenated alkanes) is 1. The van der Waals surface area contributed by atoms with Gasteiger partial charge >= 0.3 is 5.97 Å². The van der Waals surface area contributed by atoms with E-state index in [1.54, 1.807) is 0 Å². The van der Waals surface area contributed by atoms with Gasteiger partial charge in [-0.25, -0.2) is 4.68 Å². The summed E-state index contributed by atoms with van der Waals surface area (Å²) in [6.07, 6.45) is 3.93. The first kappa shape index (κ1) is 23.3. The van der Waals surface area contributed by atoms with Crippen molar-refractivity contribution in [2.24, 2.45) is 0 Å². The van der Waals surface area contributed by atoms with E-state index in [1.165, 1.54) is 12.7 Å². The molecule has 0 spiro atoms. The number of benzene rings is 2. The molecule has 6 nitrogen and oxygen atoms in total. The summed E-state index contributed by atoms with van der Waals surface area (Å²) >= 11 is 0. The van der Waals surface area contributed by atoms with E-state index in [-0.39, 0.29) is 11.9 Å². The summed E-state index contributed by atoms with van der Waals surface area (Å²) in [6.45, 7) is 4.59. The van der Waals surface area contributed by atoms with Crippen molar-refractivity contribution in [2.75, 3.05) is 13.7 Å². The zero-order valence-corrected chi connectivity index (χ0v) is 19.1. The van der Waals surface area contributed by atoms with E-state index < -0.39 is 0 Å². The lowest BCUT2D eigenvalue weighted by atomic mass is 10.1. The normalized spacial score (nSPS) is 10.7. The molecule has 168 valence electrons. The van der Waals surface area contributed by atoms with Gasteiger partial charge in [-0.15, -0.1) is 0 Å². The summed E-state index contributed by atoms with van der Waals surface area (Å²) < 4.78 is 6.59. The van der Waals surface area contributed by atoms with Gasteiger partial charge in [0.05, 0.1) is 18.5 Å². The predicted octanol–water partition coefficient (Wildman–Crippen LogP) is 4.35. The largest absolute Gasteiger partial charge is 0.469 e. The average molecular weight is 434 g/mol. The molecule has 3 rings (SSSR count). The number of methoxy groups -OCH3 is 1. The molecule has 0 aliphatic heterocycles. The standard InChI is InChI=1S/C26H31N3O3/c1-19-24(16-17-25(30)32-3)20(2)29(28-19)23-14-12-22(13-15-23)26(31)27-18-8-7-11-21-9-5-4-6-10-21/h4-6,9-10,12-15H,7-8,11,16-18H2,1-3H3,(H,27,31). The zero-order valence-electron chi connectivity index (χ0n) is 19.1. The van der Waals surface area contributed by atoms with Crippen LogP contribution in [-0.2, 0) is 22.4 Å². The maximum absolute atomic E-state index is 12.5. The van der Waals surface area contributed by atoms with Gasteiger partial charge in [0.25, 0.3) is 5.91 Å². The van der Waals surface area contributed by atoms with Gasteiger partial charge in [0.2, 0.25) is 0 Å². The second-order valence-corrected chi connectivity index (χ2v) is 7.88. The summed E-state index contributed by atoms with van der Waals surface area (Å²) in [7, 11) is 1.40. The van der Waals surface area contributed by atoms with E-state index in [9.17, 15) is 9.59 Å². The summed E-state index contributed by atoms with van der Waals surface area (Å²) in [5.74, 6) is -0.296. The molecule has 1 aromatic heterocycles. The van der Waals surface area contributed by atoms with E-state index in [2.05, 4.69) is 34.7 Å². The molecular formula is C26H31N3O3. The molecule has 32 heavy (non-hydrogen) atoms. The topological polar surface area (TPSA) is 73.2 Å². The number of nitrogens with zero attached hydrogens (tertiary/aromatic N) is 2. The quantitative estimate of drug-likeness (QED) is 0.381. The van der Waals surface area contributed by atoms with Crippen LogP contribution in [0.15, 0.2) is 54.6 Å². The van der Waals surface area contributed by atoms with E-state index in [0.717, 1.165) is 41.9 Å². The highest BCUT2D eigenvalue weighted by molar-refractivity contribution is 5.94. The molecule has 6 heteroatoms. The first-order valence-corrected chi connectivity index (χ1v) is 11.0. The molecular weight excluding hydrogens is 402 g/mol. The molecule has 0 atom stereocenters. The van der Waals surface area contributed by atoms with Gasteiger partial charge in [-0.2, -0.15) is 5.10 Å². The number of amides is 1. The Hall–Kier alpha value is -3.41. The van der Waals surface area contributed by atoms with Gasteiger partial charge in [-0.3, -0.25) is 9.59 Å². The molecule has 1 N–H and O–H groups in total. The molecule has 0 fully saturated rings. The lowest BCUT2D eigenvalue weighted by Crippen LogP contribution is -2.24. The minimum Gasteiger partial charge on any atom is -0.469 e. The summed E-state index contributed by atoms with van der Waals surface area (Å²) in [4.78, 5) is 23.9. The van der Waals surface area contributed by atoms with Crippen molar-refractivity contribution in [1.82, 2.24) is 15.1 Å². The number of carbonyl (C=O) groups excluding carboxylic acids is 2. The van der Waals surface area contributed by atoms with Crippen LogP contribution < -0.4 is 5.32 Å². The third-order valence-corrected chi connectivity index (χ3v) is 5.64. The fourth-order valence-electron chi connectivity index (χ4n) is 3.77. The number of ether oxygens (including phenoxy) is 1. The summed E-state index contributed by atoms with van der Waals surface area (Å²) in [5.41, 5.74) is 5.77.